The van der Waals surface area contributed by atoms with Gasteiger partial charge in [0.05, 0.1) is 5.69 Å². The fraction of sp³-hybridized carbons (Fsp3) is 0.636. The molecule has 18 heavy (non-hydrogen) atoms. The summed E-state index contributed by atoms with van der Waals surface area (Å²) < 4.78 is 26.6. The van der Waals surface area contributed by atoms with Gasteiger partial charge in [0.25, 0.3) is 10.0 Å². The van der Waals surface area contributed by atoms with Crippen LogP contribution >= 0.6 is 0 Å². The summed E-state index contributed by atoms with van der Waals surface area (Å²) in [5.74, 6) is 0. The summed E-state index contributed by atoms with van der Waals surface area (Å²) in [6.07, 6.45) is 5.60. The van der Waals surface area contributed by atoms with Crippen molar-refractivity contribution >= 4 is 10.0 Å². The van der Waals surface area contributed by atoms with Crippen molar-refractivity contribution in [3.05, 3.63) is 18.1 Å². The molecule has 2 rings (SSSR count). The summed E-state index contributed by atoms with van der Waals surface area (Å²) in [6.45, 7) is 2.51. The highest BCUT2D eigenvalue weighted by atomic mass is 32.2. The van der Waals surface area contributed by atoms with Crippen molar-refractivity contribution in [3.63, 3.8) is 0 Å². The zero-order valence-corrected chi connectivity index (χ0v) is 11.2. The van der Waals surface area contributed by atoms with E-state index in [1.807, 2.05) is 0 Å². The summed E-state index contributed by atoms with van der Waals surface area (Å²) in [6, 6.07) is -0.120. The Bertz CT molecular complexity index is 518. The average Bonchev–Trinajstić information content (AvgIpc) is 2.39. The van der Waals surface area contributed by atoms with Gasteiger partial charge in [-0.2, -0.15) is 4.31 Å². The monoisotopic (exact) mass is 270 g/mol. The lowest BCUT2D eigenvalue weighted by Gasteiger charge is -2.33. The van der Waals surface area contributed by atoms with E-state index in [1.165, 1.54) is 16.7 Å². The van der Waals surface area contributed by atoms with Crippen molar-refractivity contribution in [2.24, 2.45) is 5.73 Å². The molecular weight excluding hydrogens is 252 g/mol. The van der Waals surface area contributed by atoms with Crippen LogP contribution < -0.4 is 5.73 Å². The van der Waals surface area contributed by atoms with Crippen LogP contribution in [0.1, 0.15) is 25.0 Å². The van der Waals surface area contributed by atoms with Crippen LogP contribution in [0.5, 0.6) is 0 Å². The number of piperidine rings is 1. The largest absolute Gasteiger partial charge is 0.329 e. The summed E-state index contributed by atoms with van der Waals surface area (Å²) >= 11 is 0. The van der Waals surface area contributed by atoms with Crippen molar-refractivity contribution in [1.82, 2.24) is 14.3 Å². The van der Waals surface area contributed by atoms with E-state index in [1.54, 1.807) is 6.92 Å². The molecule has 0 radical (unpaired) electrons. The van der Waals surface area contributed by atoms with Gasteiger partial charge in [-0.3, -0.25) is 4.98 Å². The molecule has 0 amide bonds. The van der Waals surface area contributed by atoms with E-state index >= 15 is 0 Å². The van der Waals surface area contributed by atoms with Gasteiger partial charge < -0.3 is 5.73 Å². The molecule has 1 aliphatic rings. The van der Waals surface area contributed by atoms with Gasteiger partial charge in [-0.1, -0.05) is 6.42 Å². The third-order valence-corrected chi connectivity index (χ3v) is 5.22. The molecule has 0 aliphatic carbocycles. The molecule has 2 N–H and O–H groups in total. The number of hydrogen-bond acceptors (Lipinski definition) is 5. The SMILES string of the molecule is Cc1nccnc1S(=O)(=O)N1CCCCC1CN. The van der Waals surface area contributed by atoms with Gasteiger partial charge in [-0.25, -0.2) is 13.4 Å². The molecule has 0 saturated carbocycles. The maximum atomic E-state index is 12.5. The van der Waals surface area contributed by atoms with Crippen LogP contribution in [-0.2, 0) is 10.0 Å². The van der Waals surface area contributed by atoms with E-state index in [4.69, 9.17) is 5.73 Å². The molecule has 1 aromatic heterocycles. The van der Waals surface area contributed by atoms with Gasteiger partial charge in [0.1, 0.15) is 0 Å². The molecule has 1 unspecified atom stereocenters. The maximum absolute atomic E-state index is 12.5. The van der Waals surface area contributed by atoms with Crippen molar-refractivity contribution in [3.8, 4) is 0 Å². The highest BCUT2D eigenvalue weighted by molar-refractivity contribution is 7.89. The summed E-state index contributed by atoms with van der Waals surface area (Å²) in [4.78, 5) is 7.95. The molecule has 0 bridgehead atoms. The molecule has 100 valence electrons. The topological polar surface area (TPSA) is 89.2 Å². The Morgan fingerprint density at radius 2 is 2.11 bits per heavy atom. The molecule has 0 aromatic carbocycles. The van der Waals surface area contributed by atoms with E-state index in [0.29, 0.717) is 18.8 Å². The van der Waals surface area contributed by atoms with E-state index in [2.05, 4.69) is 9.97 Å². The third kappa shape index (κ3) is 2.38. The Morgan fingerprint density at radius 1 is 1.39 bits per heavy atom. The first kappa shape index (κ1) is 13.4. The second kappa shape index (κ2) is 5.29. The predicted molar refractivity (Wildman–Crippen MR) is 67.4 cm³/mol. The number of aromatic nitrogens is 2. The van der Waals surface area contributed by atoms with Crippen LogP contribution in [0.15, 0.2) is 17.4 Å². The van der Waals surface area contributed by atoms with Crippen LogP contribution in [0.3, 0.4) is 0 Å². The zero-order valence-electron chi connectivity index (χ0n) is 10.4. The molecule has 1 saturated heterocycles. The van der Waals surface area contributed by atoms with Crippen LogP contribution in [0.2, 0.25) is 0 Å². The Balaban J connectivity index is 2.39. The van der Waals surface area contributed by atoms with Gasteiger partial charge in [-0.15, -0.1) is 0 Å². The molecule has 1 atom stereocenters. The number of rotatable bonds is 3. The first-order valence-corrected chi connectivity index (χ1v) is 7.51. The first-order valence-electron chi connectivity index (χ1n) is 6.07. The summed E-state index contributed by atoms with van der Waals surface area (Å²) in [7, 11) is -3.57. The molecule has 6 nitrogen and oxygen atoms in total. The molecule has 1 fully saturated rings. The maximum Gasteiger partial charge on any atom is 0.262 e. The summed E-state index contributed by atoms with van der Waals surface area (Å²) in [5.41, 5.74) is 6.09. The zero-order chi connectivity index (χ0) is 13.2. The number of sulfonamides is 1. The van der Waals surface area contributed by atoms with Crippen molar-refractivity contribution in [1.29, 1.82) is 0 Å². The van der Waals surface area contributed by atoms with E-state index < -0.39 is 10.0 Å². The number of aryl methyl sites for hydroxylation is 1. The molecule has 2 heterocycles. The Hall–Kier alpha value is -1.05. The second-order valence-corrected chi connectivity index (χ2v) is 6.25. The Morgan fingerprint density at radius 3 is 2.78 bits per heavy atom. The van der Waals surface area contributed by atoms with Crippen LogP contribution in [0.4, 0.5) is 0 Å². The van der Waals surface area contributed by atoms with E-state index in [9.17, 15) is 8.42 Å². The standard InChI is InChI=1S/C11H18N4O2S/c1-9-11(14-6-5-13-9)18(16,17)15-7-3-2-4-10(15)8-12/h5-6,10H,2-4,7-8,12H2,1H3. The highest BCUT2D eigenvalue weighted by Gasteiger charge is 2.34. The number of hydrogen-bond donors (Lipinski definition) is 1. The molecule has 1 aliphatic heterocycles. The summed E-state index contributed by atoms with van der Waals surface area (Å²) in [5, 5.41) is 0.0466. The normalized spacial score (nSPS) is 22.0. The van der Waals surface area contributed by atoms with Crippen molar-refractivity contribution in [2.75, 3.05) is 13.1 Å². The molecular formula is C11H18N4O2S. The smallest absolute Gasteiger partial charge is 0.262 e. The molecule has 1 aromatic rings. The Labute approximate surface area is 107 Å². The van der Waals surface area contributed by atoms with Crippen molar-refractivity contribution in [2.45, 2.75) is 37.3 Å². The predicted octanol–water partition coefficient (Wildman–Crippen LogP) is 0.287. The van der Waals surface area contributed by atoms with E-state index in [0.717, 1.165) is 19.3 Å². The average molecular weight is 270 g/mol. The van der Waals surface area contributed by atoms with Crippen LogP contribution in [-0.4, -0.2) is 41.8 Å². The fourth-order valence-electron chi connectivity index (χ4n) is 2.29. The minimum Gasteiger partial charge on any atom is -0.329 e. The molecule has 0 spiro atoms. The quantitative estimate of drug-likeness (QED) is 0.852. The first-order chi connectivity index (χ1) is 8.57. The number of nitrogens with two attached hydrogens (primary N) is 1. The van der Waals surface area contributed by atoms with Gasteiger partial charge in [0.2, 0.25) is 0 Å². The lowest BCUT2D eigenvalue weighted by molar-refractivity contribution is 0.256. The lowest BCUT2D eigenvalue weighted by atomic mass is 10.1. The van der Waals surface area contributed by atoms with Crippen LogP contribution in [0.25, 0.3) is 0 Å². The van der Waals surface area contributed by atoms with Gasteiger partial charge in [0, 0.05) is 31.5 Å². The second-order valence-electron chi connectivity index (χ2n) is 4.45. The molecule has 7 heteroatoms. The minimum atomic E-state index is -3.57. The van der Waals surface area contributed by atoms with Crippen molar-refractivity contribution < 1.29 is 8.42 Å². The fourth-order valence-corrected chi connectivity index (χ4v) is 4.08. The Kier molecular flexibility index (Phi) is 3.94. The van der Waals surface area contributed by atoms with Gasteiger partial charge >= 0.3 is 0 Å². The lowest BCUT2D eigenvalue weighted by Crippen LogP contribution is -2.47. The third-order valence-electron chi connectivity index (χ3n) is 3.23. The number of nitrogens with zero attached hydrogens (tertiary/aromatic N) is 3. The van der Waals surface area contributed by atoms with E-state index in [-0.39, 0.29) is 11.1 Å². The van der Waals surface area contributed by atoms with Gasteiger partial charge in [0.15, 0.2) is 5.03 Å². The van der Waals surface area contributed by atoms with Gasteiger partial charge in [-0.05, 0) is 19.8 Å². The minimum absolute atomic E-state index is 0.0466. The highest BCUT2D eigenvalue weighted by Crippen LogP contribution is 2.24. The van der Waals surface area contributed by atoms with Crippen LogP contribution in [0, 0.1) is 6.92 Å².